The number of thiophene rings is 1. The van der Waals surface area contributed by atoms with Gasteiger partial charge in [-0.2, -0.15) is 20.1 Å². The Hall–Kier alpha value is -2.00. The van der Waals surface area contributed by atoms with Gasteiger partial charge in [-0.15, -0.1) is 11.3 Å². The molecule has 0 aliphatic heterocycles. The number of hydrogen-bond acceptors (Lipinski definition) is 7. The molecule has 0 unspecified atom stereocenters. The third kappa shape index (κ3) is 2.78. The molecule has 0 aliphatic rings. The summed E-state index contributed by atoms with van der Waals surface area (Å²) in [7, 11) is 0. The number of nitrogens with two attached hydrogens (primary N) is 1. The maximum atomic E-state index is 5.69. The highest BCUT2D eigenvalue weighted by Crippen LogP contribution is 2.23. The van der Waals surface area contributed by atoms with Crippen LogP contribution in [0.2, 0.25) is 0 Å². The maximum Gasteiger partial charge on any atom is 0.257 e. The summed E-state index contributed by atoms with van der Waals surface area (Å²) in [5.74, 6) is 0.955. The molecule has 0 aromatic carbocycles. The van der Waals surface area contributed by atoms with Crippen molar-refractivity contribution in [1.29, 1.82) is 0 Å². The predicted octanol–water partition coefficient (Wildman–Crippen LogP) is 2.08. The number of halogens is 1. The van der Waals surface area contributed by atoms with Gasteiger partial charge < -0.3 is 11.1 Å². The van der Waals surface area contributed by atoms with Crippen LogP contribution in [0.15, 0.2) is 34.4 Å². The average Bonchev–Trinajstić information content (AvgIpc) is 3.07. The summed E-state index contributed by atoms with van der Waals surface area (Å²) in [4.78, 5) is 13.6. The highest BCUT2D eigenvalue weighted by atomic mass is 79.9. The van der Waals surface area contributed by atoms with E-state index in [1.165, 1.54) is 4.68 Å². The van der Waals surface area contributed by atoms with Gasteiger partial charge in [0.15, 0.2) is 0 Å². The van der Waals surface area contributed by atoms with Gasteiger partial charge in [0, 0.05) is 21.7 Å². The number of rotatable bonds is 4. The van der Waals surface area contributed by atoms with Gasteiger partial charge in [-0.1, -0.05) is 0 Å². The number of aromatic nitrogens is 5. The lowest BCUT2D eigenvalue weighted by Gasteiger charge is -2.06. The lowest BCUT2D eigenvalue weighted by atomic mass is 10.5. The third-order valence-electron chi connectivity index (χ3n) is 2.45. The molecule has 0 atom stereocenters. The largest absolute Gasteiger partial charge is 0.368 e. The Balaban J connectivity index is 1.81. The molecular weight excluding hydrogens is 342 g/mol. The topological polar surface area (TPSA) is 94.5 Å². The predicted molar refractivity (Wildman–Crippen MR) is 80.7 cm³/mol. The first-order valence-electron chi connectivity index (χ1n) is 5.69. The molecule has 0 aliphatic carbocycles. The molecule has 0 saturated carbocycles. The van der Waals surface area contributed by atoms with Gasteiger partial charge in [-0.25, -0.2) is 4.68 Å². The van der Waals surface area contributed by atoms with Gasteiger partial charge in [-0.3, -0.25) is 0 Å². The van der Waals surface area contributed by atoms with E-state index in [9.17, 15) is 0 Å². The second-order valence-corrected chi connectivity index (χ2v) is 5.67. The van der Waals surface area contributed by atoms with E-state index in [0.717, 1.165) is 9.35 Å². The number of hydrogen-bond donors (Lipinski definition) is 2. The van der Waals surface area contributed by atoms with Crippen molar-refractivity contribution in [1.82, 2.24) is 24.7 Å². The van der Waals surface area contributed by atoms with Gasteiger partial charge in [0.2, 0.25) is 11.9 Å². The highest BCUT2D eigenvalue weighted by Gasteiger charge is 2.07. The molecule has 20 heavy (non-hydrogen) atoms. The normalized spacial score (nSPS) is 10.7. The fourth-order valence-corrected chi connectivity index (χ4v) is 2.99. The van der Waals surface area contributed by atoms with Crippen molar-refractivity contribution in [2.24, 2.45) is 0 Å². The van der Waals surface area contributed by atoms with E-state index in [4.69, 9.17) is 5.73 Å². The number of nitrogen functional groups attached to an aromatic ring is 1. The molecule has 0 saturated heterocycles. The minimum Gasteiger partial charge on any atom is -0.368 e. The van der Waals surface area contributed by atoms with Crippen LogP contribution in [-0.4, -0.2) is 24.7 Å². The first-order chi connectivity index (χ1) is 9.72. The van der Waals surface area contributed by atoms with Crippen molar-refractivity contribution >= 4 is 39.2 Å². The van der Waals surface area contributed by atoms with Gasteiger partial charge in [0.1, 0.15) is 0 Å². The quantitative estimate of drug-likeness (QED) is 0.747. The lowest BCUT2D eigenvalue weighted by Crippen LogP contribution is -2.11. The van der Waals surface area contributed by atoms with Crippen LogP contribution in [0.5, 0.6) is 0 Å². The second-order valence-electron chi connectivity index (χ2n) is 3.81. The van der Waals surface area contributed by atoms with E-state index in [0.29, 0.717) is 18.4 Å². The zero-order valence-electron chi connectivity index (χ0n) is 10.2. The molecule has 7 nitrogen and oxygen atoms in total. The summed E-state index contributed by atoms with van der Waals surface area (Å²) in [6.07, 6.45) is 3.39. The third-order valence-corrected chi connectivity index (χ3v) is 4.37. The van der Waals surface area contributed by atoms with E-state index in [1.807, 2.05) is 11.4 Å². The highest BCUT2D eigenvalue weighted by molar-refractivity contribution is 9.10. The molecule has 3 heterocycles. The Labute approximate surface area is 127 Å². The zero-order valence-corrected chi connectivity index (χ0v) is 12.6. The molecule has 0 radical (unpaired) electrons. The first kappa shape index (κ1) is 13.0. The van der Waals surface area contributed by atoms with Crippen LogP contribution in [0.4, 0.5) is 11.9 Å². The molecule has 0 spiro atoms. The van der Waals surface area contributed by atoms with Crippen LogP contribution in [-0.2, 0) is 6.54 Å². The zero-order chi connectivity index (χ0) is 13.9. The summed E-state index contributed by atoms with van der Waals surface area (Å²) in [6, 6.07) is 3.79. The smallest absolute Gasteiger partial charge is 0.257 e. The fraction of sp³-hybridized carbons (Fsp3) is 0.0909. The molecule has 102 valence electrons. The van der Waals surface area contributed by atoms with Crippen LogP contribution in [0, 0.1) is 0 Å². The summed E-state index contributed by atoms with van der Waals surface area (Å²) in [5.41, 5.74) is 5.69. The van der Waals surface area contributed by atoms with E-state index in [1.54, 1.807) is 29.8 Å². The number of nitrogens with one attached hydrogen (secondary N) is 1. The summed E-state index contributed by atoms with van der Waals surface area (Å²) in [6.45, 7) is 0.611. The van der Waals surface area contributed by atoms with Crippen molar-refractivity contribution in [3.05, 3.63) is 39.3 Å². The molecule has 0 fully saturated rings. The van der Waals surface area contributed by atoms with Crippen LogP contribution in [0.3, 0.4) is 0 Å². The maximum absolute atomic E-state index is 5.69. The minimum atomic E-state index is 0.151. The number of nitrogens with zero attached hydrogens (tertiary/aromatic N) is 5. The summed E-state index contributed by atoms with van der Waals surface area (Å²) >= 11 is 5.12. The first-order valence-corrected chi connectivity index (χ1v) is 7.37. The standard InChI is InChI=1S/C11H10BrN7S/c12-7-2-5-20-8(7)6-14-10-16-9(13)17-11(18-10)19-4-1-3-15-19/h1-5H,6H2,(H3,13,14,16,17,18). The van der Waals surface area contributed by atoms with Gasteiger partial charge in [0.25, 0.3) is 5.95 Å². The van der Waals surface area contributed by atoms with Crippen LogP contribution in [0.1, 0.15) is 4.88 Å². The Bertz CT molecular complexity index is 709. The number of anilines is 2. The van der Waals surface area contributed by atoms with Crippen molar-refractivity contribution in [3.8, 4) is 5.95 Å². The Kier molecular flexibility index (Phi) is 3.61. The van der Waals surface area contributed by atoms with E-state index >= 15 is 0 Å². The van der Waals surface area contributed by atoms with Crippen LogP contribution in [0.25, 0.3) is 5.95 Å². The van der Waals surface area contributed by atoms with E-state index in [-0.39, 0.29) is 5.95 Å². The Morgan fingerprint density at radius 3 is 2.95 bits per heavy atom. The average molecular weight is 352 g/mol. The molecule has 9 heteroatoms. The molecular formula is C11H10BrN7S. The molecule has 3 aromatic rings. The van der Waals surface area contributed by atoms with Gasteiger partial charge in [0.05, 0.1) is 6.54 Å². The minimum absolute atomic E-state index is 0.151. The SMILES string of the molecule is Nc1nc(NCc2sccc2Br)nc(-n2cccn2)n1. The van der Waals surface area contributed by atoms with Crippen LogP contribution < -0.4 is 11.1 Å². The molecule has 0 bridgehead atoms. The van der Waals surface area contributed by atoms with E-state index in [2.05, 4.69) is 41.3 Å². The second kappa shape index (κ2) is 5.55. The van der Waals surface area contributed by atoms with E-state index < -0.39 is 0 Å². The lowest BCUT2D eigenvalue weighted by molar-refractivity contribution is 0.799. The van der Waals surface area contributed by atoms with Crippen molar-refractivity contribution < 1.29 is 0 Å². The Morgan fingerprint density at radius 2 is 2.25 bits per heavy atom. The van der Waals surface area contributed by atoms with Crippen molar-refractivity contribution in [3.63, 3.8) is 0 Å². The van der Waals surface area contributed by atoms with Crippen molar-refractivity contribution in [2.45, 2.75) is 6.54 Å². The van der Waals surface area contributed by atoms with Gasteiger partial charge in [-0.05, 0) is 33.4 Å². The van der Waals surface area contributed by atoms with Crippen molar-refractivity contribution in [2.75, 3.05) is 11.1 Å². The summed E-state index contributed by atoms with van der Waals surface area (Å²) in [5, 5.41) is 9.21. The van der Waals surface area contributed by atoms with Crippen LogP contribution >= 0.6 is 27.3 Å². The van der Waals surface area contributed by atoms with Gasteiger partial charge >= 0.3 is 0 Å². The molecule has 0 amide bonds. The Morgan fingerprint density at radius 1 is 1.35 bits per heavy atom. The molecule has 3 rings (SSSR count). The molecule has 3 aromatic heterocycles. The summed E-state index contributed by atoms with van der Waals surface area (Å²) < 4.78 is 2.59. The monoisotopic (exact) mass is 351 g/mol. The molecule has 3 N–H and O–H groups in total. The fourth-order valence-electron chi connectivity index (χ4n) is 1.56.